The van der Waals surface area contributed by atoms with Crippen LogP contribution in [0.1, 0.15) is 18.3 Å². The Bertz CT molecular complexity index is 249. The average Bonchev–Trinajstić information content (AvgIpc) is 1.98. The van der Waals surface area contributed by atoms with Gasteiger partial charge in [-0.15, -0.1) is 5.10 Å². The van der Waals surface area contributed by atoms with Crippen molar-refractivity contribution in [2.45, 2.75) is 20.8 Å². The number of hydrogen-bond donors (Lipinski definition) is 0. The van der Waals surface area contributed by atoms with Crippen LogP contribution in [0, 0.1) is 13.8 Å². The molecule has 1 aromatic rings. The highest BCUT2D eigenvalue weighted by Gasteiger charge is 1.99. The molecule has 11 heavy (non-hydrogen) atoms. The molecule has 1 heterocycles. The minimum atomic E-state index is 0.357. The Hall–Kier alpha value is -1.19. The van der Waals surface area contributed by atoms with E-state index in [1.54, 1.807) is 0 Å². The summed E-state index contributed by atoms with van der Waals surface area (Å²) in [4.78, 5) is 4.07. The summed E-state index contributed by atoms with van der Waals surface area (Å²) in [6.45, 7) is 6.21. The summed E-state index contributed by atoms with van der Waals surface area (Å²) in [7, 11) is 0. The van der Waals surface area contributed by atoms with Crippen LogP contribution in [0.5, 0.6) is 6.01 Å². The van der Waals surface area contributed by atoms with Crippen molar-refractivity contribution in [3.63, 3.8) is 0 Å². The maximum Gasteiger partial charge on any atom is 0.335 e. The van der Waals surface area contributed by atoms with E-state index in [2.05, 4.69) is 15.2 Å². The second kappa shape index (κ2) is 3.27. The second-order valence-electron chi connectivity index (χ2n) is 2.20. The Morgan fingerprint density at radius 2 is 1.91 bits per heavy atom. The molecular formula is C7H11N3O. The van der Waals surface area contributed by atoms with Gasteiger partial charge < -0.3 is 4.74 Å². The molecule has 0 fully saturated rings. The number of nitrogens with zero attached hydrogens (tertiary/aromatic N) is 3. The summed E-state index contributed by atoms with van der Waals surface area (Å²) >= 11 is 0. The van der Waals surface area contributed by atoms with Gasteiger partial charge in [0, 0.05) is 0 Å². The Kier molecular flexibility index (Phi) is 2.36. The van der Waals surface area contributed by atoms with E-state index in [0.29, 0.717) is 12.6 Å². The summed E-state index contributed by atoms with van der Waals surface area (Å²) in [5, 5.41) is 7.61. The van der Waals surface area contributed by atoms with Crippen LogP contribution in [-0.2, 0) is 0 Å². The highest BCUT2D eigenvalue weighted by atomic mass is 16.5. The zero-order valence-electron chi connectivity index (χ0n) is 6.96. The Labute approximate surface area is 65.6 Å². The molecule has 1 aromatic heterocycles. The van der Waals surface area contributed by atoms with Gasteiger partial charge in [0.25, 0.3) is 0 Å². The van der Waals surface area contributed by atoms with E-state index in [0.717, 1.165) is 11.4 Å². The summed E-state index contributed by atoms with van der Waals surface area (Å²) < 4.78 is 5.06. The van der Waals surface area contributed by atoms with Gasteiger partial charge in [-0.3, -0.25) is 0 Å². The molecule has 0 amide bonds. The van der Waals surface area contributed by atoms with Gasteiger partial charge in [-0.05, 0) is 20.8 Å². The Morgan fingerprint density at radius 1 is 1.18 bits per heavy atom. The average molecular weight is 153 g/mol. The molecule has 0 aliphatic rings. The second-order valence-corrected chi connectivity index (χ2v) is 2.20. The molecule has 0 atom stereocenters. The molecule has 1 rings (SSSR count). The van der Waals surface area contributed by atoms with Crippen molar-refractivity contribution in [1.82, 2.24) is 15.2 Å². The summed E-state index contributed by atoms with van der Waals surface area (Å²) in [6, 6.07) is 0.357. The van der Waals surface area contributed by atoms with Crippen LogP contribution >= 0.6 is 0 Å². The first kappa shape index (κ1) is 7.91. The standard InChI is InChI=1S/C7H11N3O/c1-4-11-7-8-5(2)6(3)9-10-7/h4H2,1-3H3. The minimum absolute atomic E-state index is 0.357. The van der Waals surface area contributed by atoms with Crippen LogP contribution in [0.2, 0.25) is 0 Å². The first-order valence-corrected chi connectivity index (χ1v) is 3.54. The Balaban J connectivity index is 2.86. The van der Waals surface area contributed by atoms with Crippen LogP contribution < -0.4 is 4.74 Å². The zero-order valence-corrected chi connectivity index (χ0v) is 6.96. The van der Waals surface area contributed by atoms with Gasteiger partial charge >= 0.3 is 6.01 Å². The van der Waals surface area contributed by atoms with E-state index in [1.807, 2.05) is 20.8 Å². The van der Waals surface area contributed by atoms with Gasteiger partial charge in [-0.1, -0.05) is 5.10 Å². The van der Waals surface area contributed by atoms with Crippen molar-refractivity contribution in [3.05, 3.63) is 11.4 Å². The fourth-order valence-electron chi connectivity index (χ4n) is 0.627. The van der Waals surface area contributed by atoms with Crippen molar-refractivity contribution in [2.75, 3.05) is 6.61 Å². The first-order chi connectivity index (χ1) is 5.24. The summed E-state index contributed by atoms with van der Waals surface area (Å²) in [5.41, 5.74) is 1.71. The van der Waals surface area contributed by atoms with E-state index in [9.17, 15) is 0 Å². The summed E-state index contributed by atoms with van der Waals surface area (Å²) in [5.74, 6) is 0. The maximum absolute atomic E-state index is 5.06. The lowest BCUT2D eigenvalue weighted by atomic mass is 10.4. The minimum Gasteiger partial charge on any atom is -0.463 e. The van der Waals surface area contributed by atoms with E-state index < -0.39 is 0 Å². The third-order valence-electron chi connectivity index (χ3n) is 1.35. The molecule has 0 aromatic carbocycles. The lowest BCUT2D eigenvalue weighted by Crippen LogP contribution is -2.02. The highest BCUT2D eigenvalue weighted by Crippen LogP contribution is 2.03. The predicted octanol–water partition coefficient (Wildman–Crippen LogP) is 0.887. The fourth-order valence-corrected chi connectivity index (χ4v) is 0.627. The SMILES string of the molecule is CCOc1nnc(C)c(C)n1. The van der Waals surface area contributed by atoms with E-state index >= 15 is 0 Å². The van der Waals surface area contributed by atoms with Gasteiger partial charge in [0.05, 0.1) is 18.0 Å². The Morgan fingerprint density at radius 3 is 2.45 bits per heavy atom. The molecule has 0 unspecified atom stereocenters. The monoisotopic (exact) mass is 153 g/mol. The third kappa shape index (κ3) is 1.86. The van der Waals surface area contributed by atoms with E-state index in [1.165, 1.54) is 0 Å². The van der Waals surface area contributed by atoms with Gasteiger partial charge in [0.2, 0.25) is 0 Å². The number of hydrogen-bond acceptors (Lipinski definition) is 4. The van der Waals surface area contributed by atoms with Gasteiger partial charge in [-0.2, -0.15) is 4.98 Å². The quantitative estimate of drug-likeness (QED) is 0.633. The van der Waals surface area contributed by atoms with Gasteiger partial charge in [0.1, 0.15) is 0 Å². The molecule has 0 aliphatic carbocycles. The maximum atomic E-state index is 5.06. The fraction of sp³-hybridized carbons (Fsp3) is 0.571. The van der Waals surface area contributed by atoms with Crippen molar-refractivity contribution < 1.29 is 4.74 Å². The normalized spacial score (nSPS) is 9.73. The lowest BCUT2D eigenvalue weighted by molar-refractivity contribution is 0.306. The molecular weight excluding hydrogens is 142 g/mol. The number of aromatic nitrogens is 3. The van der Waals surface area contributed by atoms with Crippen LogP contribution in [0.15, 0.2) is 0 Å². The zero-order chi connectivity index (χ0) is 8.27. The largest absolute Gasteiger partial charge is 0.463 e. The number of ether oxygens (including phenoxy) is 1. The van der Waals surface area contributed by atoms with Crippen LogP contribution in [0.25, 0.3) is 0 Å². The van der Waals surface area contributed by atoms with Crippen molar-refractivity contribution in [3.8, 4) is 6.01 Å². The highest BCUT2D eigenvalue weighted by molar-refractivity contribution is 5.07. The van der Waals surface area contributed by atoms with Crippen molar-refractivity contribution in [1.29, 1.82) is 0 Å². The van der Waals surface area contributed by atoms with Gasteiger partial charge in [-0.25, -0.2) is 0 Å². The molecule has 0 aliphatic heterocycles. The van der Waals surface area contributed by atoms with Gasteiger partial charge in [0.15, 0.2) is 0 Å². The molecule has 4 nitrogen and oxygen atoms in total. The molecule has 0 bridgehead atoms. The summed E-state index contributed by atoms with van der Waals surface area (Å²) in [6.07, 6.45) is 0. The lowest BCUT2D eigenvalue weighted by Gasteiger charge is -2.00. The predicted molar refractivity (Wildman–Crippen MR) is 40.5 cm³/mol. The van der Waals surface area contributed by atoms with Crippen molar-refractivity contribution >= 4 is 0 Å². The van der Waals surface area contributed by atoms with Crippen molar-refractivity contribution in [2.24, 2.45) is 0 Å². The van der Waals surface area contributed by atoms with Crippen LogP contribution in [-0.4, -0.2) is 21.8 Å². The van der Waals surface area contributed by atoms with E-state index in [-0.39, 0.29) is 0 Å². The van der Waals surface area contributed by atoms with Crippen LogP contribution in [0.3, 0.4) is 0 Å². The number of aryl methyl sites for hydroxylation is 2. The third-order valence-corrected chi connectivity index (χ3v) is 1.35. The molecule has 0 saturated carbocycles. The van der Waals surface area contributed by atoms with Crippen LogP contribution in [0.4, 0.5) is 0 Å². The molecule has 60 valence electrons. The molecule has 0 N–H and O–H groups in total. The molecule has 0 radical (unpaired) electrons. The smallest absolute Gasteiger partial charge is 0.335 e. The molecule has 4 heteroatoms. The molecule has 0 spiro atoms. The number of rotatable bonds is 2. The molecule has 0 saturated heterocycles. The van der Waals surface area contributed by atoms with E-state index in [4.69, 9.17) is 4.74 Å². The topological polar surface area (TPSA) is 47.9 Å². The first-order valence-electron chi connectivity index (χ1n) is 3.54.